The fourth-order valence-electron chi connectivity index (χ4n) is 2.60. The Morgan fingerprint density at radius 1 is 0.550 bits per heavy atom. The lowest BCUT2D eigenvalue weighted by Crippen LogP contribution is -1.82. The molecule has 0 bridgehead atoms. The van der Waals surface area contributed by atoms with Gasteiger partial charge < -0.3 is 0 Å². The van der Waals surface area contributed by atoms with Crippen LogP contribution in [0.25, 0.3) is 0 Å². The predicted octanol–water partition coefficient (Wildman–Crippen LogP) is 7.64. The Balaban J connectivity index is 2.99. The molecule has 0 aliphatic heterocycles. The van der Waals surface area contributed by atoms with Gasteiger partial charge in [-0.15, -0.1) is 0 Å². The smallest absolute Gasteiger partial charge is 0.0351 e. The highest BCUT2D eigenvalue weighted by Crippen LogP contribution is 2.12. The summed E-state index contributed by atoms with van der Waals surface area (Å²) in [6.45, 7) is 6.16. The molecule has 0 aromatic carbocycles. The van der Waals surface area contributed by atoms with Crippen LogP contribution in [0.15, 0.2) is 12.2 Å². The monoisotopic (exact) mass is 279 g/mol. The lowest BCUT2D eigenvalue weighted by Gasteiger charge is -2.01. The first-order chi connectivity index (χ1) is 9.91. The molecule has 1 radical (unpaired) electrons. The minimum Gasteiger partial charge on any atom is -0.0885 e. The van der Waals surface area contributed by atoms with E-state index in [-0.39, 0.29) is 0 Å². The quantitative estimate of drug-likeness (QED) is 0.201. The number of allylic oxidation sites excluding steroid dienone is 2. The van der Waals surface area contributed by atoms with Gasteiger partial charge in [0.25, 0.3) is 0 Å². The molecule has 0 saturated heterocycles. The standard InChI is InChI=1S/C20H39/c1-3-5-7-9-11-13-15-17-19-20-18-16-14-12-10-8-6-4-2/h12,14H,1,3-11,13,15-20H2,2H3. The minimum atomic E-state index is 1.12. The van der Waals surface area contributed by atoms with E-state index in [0.29, 0.717) is 0 Å². The number of unbranched alkanes of at least 4 members (excludes halogenated alkanes) is 14. The van der Waals surface area contributed by atoms with Gasteiger partial charge >= 0.3 is 0 Å². The fraction of sp³-hybridized carbons (Fsp3) is 0.850. The Morgan fingerprint density at radius 3 is 1.40 bits per heavy atom. The summed E-state index contributed by atoms with van der Waals surface area (Å²) in [6.07, 6.45) is 26.8. The van der Waals surface area contributed by atoms with Crippen molar-refractivity contribution in [3.63, 3.8) is 0 Å². The average Bonchev–Trinajstić information content (AvgIpc) is 2.47. The Kier molecular flexibility index (Phi) is 18.5. The predicted molar refractivity (Wildman–Crippen MR) is 94.0 cm³/mol. The number of hydrogen-bond acceptors (Lipinski definition) is 0. The van der Waals surface area contributed by atoms with Crippen molar-refractivity contribution in [2.75, 3.05) is 0 Å². The van der Waals surface area contributed by atoms with Crippen LogP contribution in [0.4, 0.5) is 0 Å². The van der Waals surface area contributed by atoms with Crippen LogP contribution < -0.4 is 0 Å². The molecule has 0 N–H and O–H groups in total. The van der Waals surface area contributed by atoms with E-state index in [9.17, 15) is 0 Å². The summed E-state index contributed by atoms with van der Waals surface area (Å²) in [4.78, 5) is 0. The van der Waals surface area contributed by atoms with E-state index in [1.165, 1.54) is 96.3 Å². The van der Waals surface area contributed by atoms with Crippen LogP contribution in [-0.4, -0.2) is 0 Å². The zero-order valence-electron chi connectivity index (χ0n) is 14.2. The molecule has 119 valence electrons. The Labute approximate surface area is 129 Å². The second kappa shape index (κ2) is 18.7. The van der Waals surface area contributed by atoms with Crippen molar-refractivity contribution in [3.8, 4) is 0 Å². The van der Waals surface area contributed by atoms with Crippen LogP contribution in [0.1, 0.15) is 110 Å². The third kappa shape index (κ3) is 17.7. The van der Waals surface area contributed by atoms with Crippen molar-refractivity contribution < 1.29 is 0 Å². The largest absolute Gasteiger partial charge is 0.0885 e. The van der Waals surface area contributed by atoms with Crippen molar-refractivity contribution in [3.05, 3.63) is 19.1 Å². The van der Waals surface area contributed by atoms with Gasteiger partial charge in [-0.25, -0.2) is 0 Å². The summed E-state index contributed by atoms with van der Waals surface area (Å²) in [5.41, 5.74) is 0. The summed E-state index contributed by atoms with van der Waals surface area (Å²) in [5.74, 6) is 0. The van der Waals surface area contributed by atoms with Gasteiger partial charge in [-0.05, 0) is 25.7 Å². The first kappa shape index (κ1) is 19.7. The normalized spacial score (nSPS) is 11.5. The highest BCUT2D eigenvalue weighted by Gasteiger charge is 1.92. The van der Waals surface area contributed by atoms with Crippen LogP contribution in [0.3, 0.4) is 0 Å². The molecule has 0 fully saturated rings. The summed E-state index contributed by atoms with van der Waals surface area (Å²) in [7, 11) is 0. The van der Waals surface area contributed by atoms with E-state index in [4.69, 9.17) is 0 Å². The molecular formula is C20H39. The zero-order chi connectivity index (χ0) is 14.7. The number of hydrogen-bond donors (Lipinski definition) is 0. The van der Waals surface area contributed by atoms with Gasteiger partial charge in [0.05, 0.1) is 0 Å². The maximum absolute atomic E-state index is 3.89. The second-order valence-corrected chi connectivity index (χ2v) is 6.14. The molecule has 0 aromatic rings. The average molecular weight is 280 g/mol. The summed E-state index contributed by atoms with van der Waals surface area (Å²) in [5, 5.41) is 0. The van der Waals surface area contributed by atoms with E-state index in [1.54, 1.807) is 0 Å². The van der Waals surface area contributed by atoms with E-state index in [0.717, 1.165) is 6.42 Å². The highest BCUT2D eigenvalue weighted by molar-refractivity contribution is 4.81. The molecule has 0 spiro atoms. The molecular weight excluding hydrogens is 240 g/mol. The first-order valence-corrected chi connectivity index (χ1v) is 9.36. The van der Waals surface area contributed by atoms with Gasteiger partial charge in [-0.1, -0.05) is 103 Å². The molecule has 20 heavy (non-hydrogen) atoms. The van der Waals surface area contributed by atoms with Gasteiger partial charge in [-0.3, -0.25) is 0 Å². The first-order valence-electron chi connectivity index (χ1n) is 9.36. The Bertz CT molecular complexity index is 180. The molecule has 0 heterocycles. The molecule has 0 nitrogen and oxygen atoms in total. The van der Waals surface area contributed by atoms with Crippen LogP contribution in [0.2, 0.25) is 0 Å². The molecule has 0 aliphatic carbocycles. The van der Waals surface area contributed by atoms with Crippen molar-refractivity contribution in [1.82, 2.24) is 0 Å². The summed E-state index contributed by atoms with van der Waals surface area (Å²) >= 11 is 0. The topological polar surface area (TPSA) is 0 Å². The van der Waals surface area contributed by atoms with Gasteiger partial charge in [0, 0.05) is 0 Å². The fourth-order valence-corrected chi connectivity index (χ4v) is 2.60. The van der Waals surface area contributed by atoms with Gasteiger partial charge in [0.2, 0.25) is 0 Å². The maximum atomic E-state index is 3.89. The summed E-state index contributed by atoms with van der Waals surface area (Å²) in [6, 6.07) is 0. The molecule has 0 atom stereocenters. The second-order valence-electron chi connectivity index (χ2n) is 6.14. The molecule has 0 heteroatoms. The minimum absolute atomic E-state index is 1.12. The zero-order valence-corrected chi connectivity index (χ0v) is 14.2. The van der Waals surface area contributed by atoms with Crippen molar-refractivity contribution in [2.24, 2.45) is 0 Å². The molecule has 0 unspecified atom stereocenters. The number of rotatable bonds is 16. The maximum Gasteiger partial charge on any atom is -0.0351 e. The third-order valence-corrected chi connectivity index (χ3v) is 4.01. The highest BCUT2D eigenvalue weighted by atomic mass is 14.0. The van der Waals surface area contributed by atoms with E-state index in [2.05, 4.69) is 26.0 Å². The van der Waals surface area contributed by atoms with Crippen molar-refractivity contribution in [1.29, 1.82) is 0 Å². The molecule has 0 saturated carbocycles. The lowest BCUT2D eigenvalue weighted by atomic mass is 10.1. The van der Waals surface area contributed by atoms with Gasteiger partial charge in [-0.2, -0.15) is 0 Å². The third-order valence-electron chi connectivity index (χ3n) is 4.01. The van der Waals surface area contributed by atoms with Crippen LogP contribution in [0, 0.1) is 6.92 Å². The van der Waals surface area contributed by atoms with Crippen LogP contribution in [-0.2, 0) is 0 Å². The molecule has 0 amide bonds. The van der Waals surface area contributed by atoms with Crippen LogP contribution >= 0.6 is 0 Å². The van der Waals surface area contributed by atoms with Crippen LogP contribution in [0.5, 0.6) is 0 Å². The molecule has 0 rings (SSSR count). The van der Waals surface area contributed by atoms with E-state index in [1.807, 2.05) is 0 Å². The van der Waals surface area contributed by atoms with Gasteiger partial charge in [0.15, 0.2) is 0 Å². The summed E-state index contributed by atoms with van der Waals surface area (Å²) < 4.78 is 0. The van der Waals surface area contributed by atoms with Crippen molar-refractivity contribution >= 4 is 0 Å². The van der Waals surface area contributed by atoms with E-state index < -0.39 is 0 Å². The lowest BCUT2D eigenvalue weighted by molar-refractivity contribution is 0.553. The molecule has 0 aromatic heterocycles. The Morgan fingerprint density at radius 2 is 0.950 bits per heavy atom. The van der Waals surface area contributed by atoms with Gasteiger partial charge in [0.1, 0.15) is 0 Å². The van der Waals surface area contributed by atoms with E-state index >= 15 is 0 Å². The molecule has 0 aliphatic rings. The Hall–Kier alpha value is -0.260. The van der Waals surface area contributed by atoms with Crippen molar-refractivity contribution in [2.45, 2.75) is 110 Å². The SMILES string of the molecule is [CH2]CCCCCCCCCCCCC=CCCCCC.